The van der Waals surface area contributed by atoms with Crippen LogP contribution >= 0.6 is 11.6 Å². The highest BCUT2D eigenvalue weighted by Gasteiger charge is 2.30. The quantitative estimate of drug-likeness (QED) is 0.799. The van der Waals surface area contributed by atoms with E-state index in [1.165, 1.54) is 12.1 Å². The van der Waals surface area contributed by atoms with Gasteiger partial charge in [-0.05, 0) is 43.2 Å². The Hall–Kier alpha value is -2.47. The number of pyridine rings is 1. The number of anilines is 1. The fourth-order valence-electron chi connectivity index (χ4n) is 2.39. The summed E-state index contributed by atoms with van der Waals surface area (Å²) >= 11 is 5.85. The molecule has 1 aromatic carbocycles. The molecule has 1 amide bonds. The average Bonchev–Trinajstić information content (AvgIpc) is 3.30. The second kappa shape index (κ2) is 5.31. The molecule has 0 atom stereocenters. The summed E-state index contributed by atoms with van der Waals surface area (Å²) in [6, 6.07) is 9.91. The van der Waals surface area contributed by atoms with E-state index in [9.17, 15) is 9.18 Å². The predicted molar refractivity (Wildman–Crippen MR) is 84.7 cm³/mol. The normalized spacial score (nSPS) is 14.2. The van der Waals surface area contributed by atoms with Crippen LogP contribution < -0.4 is 5.32 Å². The van der Waals surface area contributed by atoms with Gasteiger partial charge in [0.1, 0.15) is 5.82 Å². The van der Waals surface area contributed by atoms with Gasteiger partial charge >= 0.3 is 0 Å². The molecule has 7 heteroatoms. The SMILES string of the molecule is O=C(Nc1nc2cccc(-c3ccc(F)c(Cl)c3)n2n1)C1CC1. The first-order chi connectivity index (χ1) is 11.1. The molecule has 0 spiro atoms. The van der Waals surface area contributed by atoms with Crippen LogP contribution in [0.3, 0.4) is 0 Å². The lowest BCUT2D eigenvalue weighted by Crippen LogP contribution is -2.14. The maximum Gasteiger partial charge on any atom is 0.249 e. The first-order valence-corrected chi connectivity index (χ1v) is 7.62. The Morgan fingerprint density at radius 2 is 2.13 bits per heavy atom. The lowest BCUT2D eigenvalue weighted by Gasteiger charge is -2.05. The minimum absolute atomic E-state index is 0.0434. The number of nitrogens with one attached hydrogen (secondary N) is 1. The topological polar surface area (TPSA) is 59.3 Å². The maximum absolute atomic E-state index is 13.3. The second-order valence-electron chi connectivity index (χ2n) is 5.51. The molecule has 1 aliphatic carbocycles. The van der Waals surface area contributed by atoms with Crippen molar-refractivity contribution < 1.29 is 9.18 Å². The zero-order valence-corrected chi connectivity index (χ0v) is 12.7. The Morgan fingerprint density at radius 3 is 2.87 bits per heavy atom. The van der Waals surface area contributed by atoms with E-state index in [2.05, 4.69) is 15.4 Å². The number of rotatable bonds is 3. The van der Waals surface area contributed by atoms with E-state index in [1.807, 2.05) is 12.1 Å². The van der Waals surface area contributed by atoms with Crippen LogP contribution in [-0.2, 0) is 4.79 Å². The van der Waals surface area contributed by atoms with Crippen molar-refractivity contribution in [2.24, 2.45) is 5.92 Å². The van der Waals surface area contributed by atoms with Crippen LogP contribution in [0.15, 0.2) is 36.4 Å². The highest BCUT2D eigenvalue weighted by Crippen LogP contribution is 2.30. The molecule has 5 nitrogen and oxygen atoms in total. The van der Waals surface area contributed by atoms with Crippen LogP contribution in [0.25, 0.3) is 16.9 Å². The van der Waals surface area contributed by atoms with Gasteiger partial charge < -0.3 is 0 Å². The molecule has 0 aliphatic heterocycles. The molecule has 1 aliphatic rings. The van der Waals surface area contributed by atoms with Crippen molar-refractivity contribution in [2.75, 3.05) is 5.32 Å². The molecule has 2 aromatic heterocycles. The van der Waals surface area contributed by atoms with Crippen molar-refractivity contribution in [3.63, 3.8) is 0 Å². The maximum atomic E-state index is 13.3. The van der Waals surface area contributed by atoms with Crippen molar-refractivity contribution in [1.82, 2.24) is 14.6 Å². The Kier molecular flexibility index (Phi) is 3.27. The van der Waals surface area contributed by atoms with E-state index in [0.29, 0.717) is 16.9 Å². The summed E-state index contributed by atoms with van der Waals surface area (Å²) < 4.78 is 14.9. The lowest BCUT2D eigenvalue weighted by molar-refractivity contribution is -0.117. The van der Waals surface area contributed by atoms with Crippen LogP contribution in [0.5, 0.6) is 0 Å². The number of aromatic nitrogens is 3. The summed E-state index contributed by atoms with van der Waals surface area (Å²) in [5.74, 6) is -0.176. The summed E-state index contributed by atoms with van der Waals surface area (Å²) in [6.45, 7) is 0. The van der Waals surface area contributed by atoms with E-state index >= 15 is 0 Å². The predicted octanol–water partition coefficient (Wildman–Crippen LogP) is 3.54. The van der Waals surface area contributed by atoms with Crippen molar-refractivity contribution in [2.45, 2.75) is 12.8 Å². The number of benzene rings is 1. The van der Waals surface area contributed by atoms with Crippen LogP contribution in [0.4, 0.5) is 10.3 Å². The Labute approximate surface area is 136 Å². The van der Waals surface area contributed by atoms with Crippen molar-refractivity contribution in [3.05, 3.63) is 47.2 Å². The number of nitrogens with zero attached hydrogens (tertiary/aromatic N) is 3. The number of hydrogen-bond acceptors (Lipinski definition) is 3. The van der Waals surface area contributed by atoms with Crippen LogP contribution in [0, 0.1) is 11.7 Å². The molecular weight excluding hydrogens is 319 g/mol. The third-order valence-corrected chi connectivity index (χ3v) is 4.05. The molecule has 0 saturated heterocycles. The summed E-state index contributed by atoms with van der Waals surface area (Å²) in [6.07, 6.45) is 1.83. The van der Waals surface area contributed by atoms with Crippen LogP contribution in [-0.4, -0.2) is 20.5 Å². The molecule has 4 rings (SSSR count). The third-order valence-electron chi connectivity index (χ3n) is 3.76. The lowest BCUT2D eigenvalue weighted by atomic mass is 10.1. The molecule has 23 heavy (non-hydrogen) atoms. The Bertz CT molecular complexity index is 920. The summed E-state index contributed by atoms with van der Waals surface area (Å²) in [4.78, 5) is 16.1. The minimum Gasteiger partial charge on any atom is -0.293 e. The average molecular weight is 331 g/mol. The van der Waals surface area contributed by atoms with Gasteiger partial charge in [0.15, 0.2) is 5.65 Å². The summed E-state index contributed by atoms with van der Waals surface area (Å²) in [5.41, 5.74) is 2.02. The van der Waals surface area contributed by atoms with Gasteiger partial charge in [0.05, 0.1) is 10.7 Å². The zero-order chi connectivity index (χ0) is 16.0. The fraction of sp³-hybridized carbons (Fsp3) is 0.188. The Balaban J connectivity index is 1.75. The van der Waals surface area contributed by atoms with Gasteiger partial charge in [-0.3, -0.25) is 10.1 Å². The Morgan fingerprint density at radius 1 is 1.30 bits per heavy atom. The molecule has 1 fully saturated rings. The highest BCUT2D eigenvalue weighted by atomic mass is 35.5. The highest BCUT2D eigenvalue weighted by molar-refractivity contribution is 6.31. The number of halogens is 2. The van der Waals surface area contributed by atoms with E-state index in [-0.39, 0.29) is 22.8 Å². The number of fused-ring (bicyclic) bond motifs is 1. The number of hydrogen-bond donors (Lipinski definition) is 1. The molecule has 0 radical (unpaired) electrons. The zero-order valence-electron chi connectivity index (χ0n) is 12.0. The fourth-order valence-corrected chi connectivity index (χ4v) is 2.57. The standard InChI is InChI=1S/C16H12ClFN4O/c17-11-8-10(6-7-12(11)18)13-2-1-3-14-19-16(21-22(13)14)20-15(23)9-4-5-9/h1-3,6-9H,4-5H2,(H,20,21,23). The van der Waals surface area contributed by atoms with E-state index in [0.717, 1.165) is 12.8 Å². The molecule has 0 bridgehead atoms. The smallest absolute Gasteiger partial charge is 0.249 e. The van der Waals surface area contributed by atoms with E-state index in [4.69, 9.17) is 11.6 Å². The third kappa shape index (κ3) is 2.66. The molecule has 2 heterocycles. The molecule has 1 N–H and O–H groups in total. The van der Waals surface area contributed by atoms with Gasteiger partial charge in [-0.25, -0.2) is 8.91 Å². The number of carbonyl (C=O) groups excluding carboxylic acids is 1. The first-order valence-electron chi connectivity index (χ1n) is 7.24. The molecule has 3 aromatic rings. The molecular formula is C16H12ClFN4O. The molecule has 116 valence electrons. The van der Waals surface area contributed by atoms with E-state index < -0.39 is 5.82 Å². The van der Waals surface area contributed by atoms with Gasteiger partial charge in [0, 0.05) is 11.5 Å². The van der Waals surface area contributed by atoms with Gasteiger partial charge in [0.25, 0.3) is 0 Å². The minimum atomic E-state index is -0.474. The largest absolute Gasteiger partial charge is 0.293 e. The monoisotopic (exact) mass is 330 g/mol. The molecule has 0 unspecified atom stereocenters. The van der Waals surface area contributed by atoms with Gasteiger partial charge in [0.2, 0.25) is 11.9 Å². The number of carbonyl (C=O) groups is 1. The summed E-state index contributed by atoms with van der Waals surface area (Å²) in [7, 11) is 0. The summed E-state index contributed by atoms with van der Waals surface area (Å²) in [5, 5.41) is 7.10. The second-order valence-corrected chi connectivity index (χ2v) is 5.92. The van der Waals surface area contributed by atoms with Crippen molar-refractivity contribution >= 4 is 29.1 Å². The van der Waals surface area contributed by atoms with Gasteiger partial charge in [-0.15, -0.1) is 5.10 Å². The van der Waals surface area contributed by atoms with Crippen LogP contribution in [0.2, 0.25) is 5.02 Å². The molecule has 1 saturated carbocycles. The first kappa shape index (κ1) is 14.1. The van der Waals surface area contributed by atoms with Crippen molar-refractivity contribution in [3.8, 4) is 11.3 Å². The number of amides is 1. The van der Waals surface area contributed by atoms with Gasteiger partial charge in [-0.2, -0.15) is 4.98 Å². The van der Waals surface area contributed by atoms with Crippen LogP contribution in [0.1, 0.15) is 12.8 Å². The van der Waals surface area contributed by atoms with Crippen molar-refractivity contribution in [1.29, 1.82) is 0 Å². The van der Waals surface area contributed by atoms with E-state index in [1.54, 1.807) is 16.6 Å². The van der Waals surface area contributed by atoms with Gasteiger partial charge in [-0.1, -0.05) is 17.7 Å².